The predicted octanol–water partition coefficient (Wildman–Crippen LogP) is 0.772. The summed E-state index contributed by atoms with van der Waals surface area (Å²) in [5.74, 6) is 0.107. The summed E-state index contributed by atoms with van der Waals surface area (Å²) in [5, 5.41) is 12.6. The average molecular weight is 278 g/mol. The van der Waals surface area contributed by atoms with Gasteiger partial charge in [0.25, 0.3) is 0 Å². The number of benzene rings is 1. The molecule has 20 heavy (non-hydrogen) atoms. The van der Waals surface area contributed by atoms with Gasteiger partial charge in [0.2, 0.25) is 5.91 Å². The lowest BCUT2D eigenvalue weighted by Gasteiger charge is -2.29. The molecule has 1 saturated heterocycles. The maximum Gasteiger partial charge on any atom is 0.224 e. The Morgan fingerprint density at radius 2 is 2.10 bits per heavy atom. The molecule has 0 aliphatic carbocycles. The minimum atomic E-state index is -0.0627. The molecule has 5 nitrogen and oxygen atoms in total. The van der Waals surface area contributed by atoms with Gasteiger partial charge in [-0.2, -0.15) is 0 Å². The first kappa shape index (κ1) is 14.8. The highest BCUT2D eigenvalue weighted by atomic mass is 16.5. The fraction of sp³-hybridized carbons (Fsp3) is 0.533. The quantitative estimate of drug-likeness (QED) is 0.835. The summed E-state index contributed by atoms with van der Waals surface area (Å²) in [5.41, 5.74) is 0.656. The fourth-order valence-electron chi connectivity index (χ4n) is 2.38. The summed E-state index contributed by atoms with van der Waals surface area (Å²) in [6.07, 6.45) is 0.208. The van der Waals surface area contributed by atoms with E-state index in [1.807, 2.05) is 13.0 Å². The van der Waals surface area contributed by atoms with Gasteiger partial charge in [-0.25, -0.2) is 0 Å². The summed E-state index contributed by atoms with van der Waals surface area (Å²) in [7, 11) is 0. The van der Waals surface area contributed by atoms with Gasteiger partial charge in [-0.1, -0.05) is 18.2 Å². The van der Waals surface area contributed by atoms with Crippen molar-refractivity contribution in [1.82, 2.24) is 10.2 Å². The second kappa shape index (κ2) is 7.26. The van der Waals surface area contributed by atoms with E-state index in [1.165, 1.54) is 0 Å². The first-order valence-corrected chi connectivity index (χ1v) is 7.01. The first-order chi connectivity index (χ1) is 9.65. The summed E-state index contributed by atoms with van der Waals surface area (Å²) in [6, 6.07) is 7.02. The van der Waals surface area contributed by atoms with Gasteiger partial charge in [0.15, 0.2) is 0 Å². The lowest BCUT2D eigenvalue weighted by Crippen LogP contribution is -2.46. The van der Waals surface area contributed by atoms with Crippen LogP contribution in [0.25, 0.3) is 0 Å². The van der Waals surface area contributed by atoms with Crippen molar-refractivity contribution in [2.75, 3.05) is 32.8 Å². The van der Waals surface area contributed by atoms with Crippen molar-refractivity contribution in [2.24, 2.45) is 0 Å². The van der Waals surface area contributed by atoms with E-state index in [1.54, 1.807) is 18.2 Å². The van der Waals surface area contributed by atoms with Crippen LogP contribution in [0.5, 0.6) is 5.75 Å². The highest BCUT2D eigenvalue weighted by Crippen LogP contribution is 2.15. The molecule has 0 spiro atoms. The van der Waals surface area contributed by atoms with Crippen molar-refractivity contribution in [2.45, 2.75) is 19.4 Å². The van der Waals surface area contributed by atoms with Crippen molar-refractivity contribution < 1.29 is 14.6 Å². The van der Waals surface area contributed by atoms with Crippen molar-refractivity contribution in [1.29, 1.82) is 0 Å². The van der Waals surface area contributed by atoms with Gasteiger partial charge < -0.3 is 15.2 Å². The highest BCUT2D eigenvalue weighted by molar-refractivity contribution is 5.79. The van der Waals surface area contributed by atoms with E-state index in [0.29, 0.717) is 5.56 Å². The van der Waals surface area contributed by atoms with E-state index in [-0.39, 0.29) is 24.1 Å². The molecule has 1 aromatic carbocycles. The summed E-state index contributed by atoms with van der Waals surface area (Å²) < 4.78 is 5.30. The molecule has 1 amide bonds. The fourth-order valence-corrected chi connectivity index (χ4v) is 2.38. The smallest absolute Gasteiger partial charge is 0.224 e. The van der Waals surface area contributed by atoms with Crippen LogP contribution in [0.2, 0.25) is 0 Å². The van der Waals surface area contributed by atoms with Crippen LogP contribution < -0.4 is 5.32 Å². The van der Waals surface area contributed by atoms with Crippen LogP contribution in [0.1, 0.15) is 12.5 Å². The standard InChI is InChI=1S/C15H22N2O3/c1-12(11-17-6-8-20-9-7-17)16-15(19)10-13-4-2-3-5-14(13)18/h2-5,12,18H,6-11H2,1H3,(H,16,19). The van der Waals surface area contributed by atoms with Gasteiger partial charge >= 0.3 is 0 Å². The van der Waals surface area contributed by atoms with E-state index in [0.717, 1.165) is 32.8 Å². The summed E-state index contributed by atoms with van der Waals surface area (Å²) >= 11 is 0. The van der Waals surface area contributed by atoms with Crippen LogP contribution in [0.4, 0.5) is 0 Å². The van der Waals surface area contributed by atoms with Gasteiger partial charge in [0.05, 0.1) is 19.6 Å². The van der Waals surface area contributed by atoms with Crippen molar-refractivity contribution >= 4 is 5.91 Å². The molecule has 1 aliphatic rings. The van der Waals surface area contributed by atoms with Gasteiger partial charge in [-0.15, -0.1) is 0 Å². The average Bonchev–Trinajstić information content (AvgIpc) is 2.42. The number of nitrogens with zero attached hydrogens (tertiary/aromatic N) is 1. The molecule has 1 atom stereocenters. The second-order valence-corrected chi connectivity index (χ2v) is 5.19. The Hall–Kier alpha value is -1.59. The molecule has 1 unspecified atom stereocenters. The number of para-hydroxylation sites is 1. The molecular formula is C15H22N2O3. The van der Waals surface area contributed by atoms with Gasteiger partial charge in [0, 0.05) is 31.2 Å². The van der Waals surface area contributed by atoms with Gasteiger partial charge in [-0.05, 0) is 13.0 Å². The molecule has 5 heteroatoms. The van der Waals surface area contributed by atoms with Crippen LogP contribution in [-0.2, 0) is 16.0 Å². The number of hydrogen-bond acceptors (Lipinski definition) is 4. The van der Waals surface area contributed by atoms with Crippen LogP contribution in [0, 0.1) is 0 Å². The van der Waals surface area contributed by atoms with Crippen LogP contribution >= 0.6 is 0 Å². The normalized spacial score (nSPS) is 17.6. The van der Waals surface area contributed by atoms with E-state index in [2.05, 4.69) is 10.2 Å². The molecule has 0 saturated carbocycles. The van der Waals surface area contributed by atoms with Crippen molar-refractivity contribution in [3.05, 3.63) is 29.8 Å². The topological polar surface area (TPSA) is 61.8 Å². The molecule has 0 bridgehead atoms. The molecule has 2 rings (SSSR count). The van der Waals surface area contributed by atoms with Crippen molar-refractivity contribution in [3.63, 3.8) is 0 Å². The Bertz CT molecular complexity index is 444. The Labute approximate surface area is 119 Å². The van der Waals surface area contributed by atoms with E-state index in [4.69, 9.17) is 4.74 Å². The number of hydrogen-bond donors (Lipinski definition) is 2. The number of carbonyl (C=O) groups excluding carboxylic acids is 1. The number of morpholine rings is 1. The zero-order valence-electron chi connectivity index (χ0n) is 11.8. The number of rotatable bonds is 5. The third-order valence-corrected chi connectivity index (χ3v) is 3.39. The molecular weight excluding hydrogens is 256 g/mol. The molecule has 2 N–H and O–H groups in total. The van der Waals surface area contributed by atoms with Gasteiger partial charge in [0.1, 0.15) is 5.75 Å². The number of phenols is 1. The number of carbonyl (C=O) groups is 1. The zero-order chi connectivity index (χ0) is 14.4. The lowest BCUT2D eigenvalue weighted by molar-refractivity contribution is -0.121. The van der Waals surface area contributed by atoms with Crippen molar-refractivity contribution in [3.8, 4) is 5.75 Å². The highest BCUT2D eigenvalue weighted by Gasteiger charge is 2.15. The number of phenolic OH excluding ortho intramolecular Hbond substituents is 1. The Balaban J connectivity index is 1.77. The summed E-state index contributed by atoms with van der Waals surface area (Å²) in [4.78, 5) is 14.2. The Morgan fingerprint density at radius 3 is 2.80 bits per heavy atom. The molecule has 0 aromatic heterocycles. The monoisotopic (exact) mass is 278 g/mol. The molecule has 1 fully saturated rings. The first-order valence-electron chi connectivity index (χ1n) is 7.01. The number of nitrogens with one attached hydrogen (secondary N) is 1. The maximum atomic E-state index is 12.0. The maximum absolute atomic E-state index is 12.0. The Morgan fingerprint density at radius 1 is 1.40 bits per heavy atom. The molecule has 1 heterocycles. The van der Waals surface area contributed by atoms with Crippen LogP contribution in [-0.4, -0.2) is 54.8 Å². The molecule has 1 aliphatic heterocycles. The van der Waals surface area contributed by atoms with E-state index < -0.39 is 0 Å². The lowest BCUT2D eigenvalue weighted by atomic mass is 10.1. The van der Waals surface area contributed by atoms with Crippen LogP contribution in [0.3, 0.4) is 0 Å². The third-order valence-electron chi connectivity index (χ3n) is 3.39. The van der Waals surface area contributed by atoms with E-state index >= 15 is 0 Å². The third kappa shape index (κ3) is 4.51. The number of aromatic hydroxyl groups is 1. The Kier molecular flexibility index (Phi) is 5.38. The number of ether oxygens (including phenoxy) is 1. The minimum Gasteiger partial charge on any atom is -0.508 e. The minimum absolute atomic E-state index is 0.0627. The van der Waals surface area contributed by atoms with E-state index in [9.17, 15) is 9.90 Å². The largest absolute Gasteiger partial charge is 0.508 e. The molecule has 110 valence electrons. The molecule has 0 radical (unpaired) electrons. The number of amides is 1. The second-order valence-electron chi connectivity index (χ2n) is 5.19. The SMILES string of the molecule is CC(CN1CCOCC1)NC(=O)Cc1ccccc1O. The zero-order valence-corrected chi connectivity index (χ0v) is 11.8. The van der Waals surface area contributed by atoms with Crippen LogP contribution in [0.15, 0.2) is 24.3 Å². The van der Waals surface area contributed by atoms with Gasteiger partial charge in [-0.3, -0.25) is 9.69 Å². The molecule has 1 aromatic rings. The predicted molar refractivity (Wildman–Crippen MR) is 76.7 cm³/mol. The summed E-state index contributed by atoms with van der Waals surface area (Å²) in [6.45, 7) is 6.19.